The normalized spacial score (nSPS) is 52.7. The maximum absolute atomic E-state index is 10.9. The van der Waals surface area contributed by atoms with E-state index in [9.17, 15) is 51.1 Å². The molecule has 41 heavy (non-hydrogen) atoms. The van der Waals surface area contributed by atoms with Gasteiger partial charge >= 0.3 is 0 Å². The smallest absolute Gasteiger partial charge is 0.187 e. The van der Waals surface area contributed by atoms with Crippen molar-refractivity contribution in [1.82, 2.24) is 0 Å². The summed E-state index contributed by atoms with van der Waals surface area (Å²) in [6.07, 6.45) is -23.7. The molecule has 0 aromatic rings. The molecule has 0 aromatic heterocycles. The molecule has 0 spiro atoms. The third kappa shape index (κ3) is 6.70. The molecule has 0 saturated carbocycles. The topological polar surface area (TPSA) is 267 Å². The van der Waals surface area contributed by atoms with Gasteiger partial charge in [-0.2, -0.15) is 0 Å². The first-order valence-electron chi connectivity index (χ1n) is 13.3. The van der Waals surface area contributed by atoms with Gasteiger partial charge < -0.3 is 84.2 Å². The summed E-state index contributed by atoms with van der Waals surface area (Å²) in [5.41, 5.74) is 0. The van der Waals surface area contributed by atoms with Crippen LogP contribution in [0.2, 0.25) is 0 Å². The zero-order chi connectivity index (χ0) is 30.2. The Hall–Kier alpha value is -1.10. The second kappa shape index (κ2) is 13.7. The number of hydrogen-bond donors (Lipinski definition) is 10. The van der Waals surface area contributed by atoms with Crippen LogP contribution >= 0.6 is 0 Å². The van der Waals surface area contributed by atoms with Gasteiger partial charge in [0.25, 0.3) is 0 Å². The lowest BCUT2D eigenvalue weighted by atomic mass is 9.97. The summed E-state index contributed by atoms with van der Waals surface area (Å²) >= 11 is 0. The highest BCUT2D eigenvalue weighted by molar-refractivity contribution is 5.02. The Labute approximate surface area is 234 Å². The van der Waals surface area contributed by atoms with Crippen molar-refractivity contribution in [1.29, 1.82) is 0 Å². The van der Waals surface area contributed by atoms with Crippen LogP contribution in [0.1, 0.15) is 13.8 Å². The fourth-order valence-corrected chi connectivity index (χ4v) is 5.08. The van der Waals surface area contributed by atoms with E-state index in [0.717, 1.165) is 0 Å². The van der Waals surface area contributed by atoms with Gasteiger partial charge in [0, 0.05) is 0 Å². The minimum absolute atomic E-state index is 0.625. The Morgan fingerprint density at radius 3 is 1.59 bits per heavy atom. The van der Waals surface area contributed by atoms with Gasteiger partial charge in [0.05, 0.1) is 31.7 Å². The lowest BCUT2D eigenvalue weighted by Crippen LogP contribution is -2.65. The fraction of sp³-hybridized carbons (Fsp3) is 0.917. The lowest BCUT2D eigenvalue weighted by Gasteiger charge is -2.47. The standard InChI is InChI=1S/C24H40O17/c1-7-12(27)15(30)18(33)22(36-7)38-9-3-4-35-11(6-26)20(9)40-24-21(17(32)14(29)10(5-25)39-24)41-23-19(34)16(31)13(28)8(2)37-23/h3-4,7-34H,5-6H2,1-2H3/t7?,8?,9?,10?,11?,12-,13+,14+,15?,16?,17+,18-,19+,20+,21?,22+,23?,24+/m1/s1. The Bertz CT molecular complexity index is 864. The molecule has 4 aliphatic heterocycles. The van der Waals surface area contributed by atoms with Gasteiger partial charge in [-0.25, -0.2) is 0 Å². The molecule has 0 bridgehead atoms. The molecule has 0 aromatic carbocycles. The van der Waals surface area contributed by atoms with E-state index in [1.165, 1.54) is 26.2 Å². The van der Waals surface area contributed by atoms with Crippen LogP contribution in [0.3, 0.4) is 0 Å². The van der Waals surface area contributed by atoms with Crippen LogP contribution in [0.5, 0.6) is 0 Å². The Balaban J connectivity index is 1.57. The summed E-state index contributed by atoms with van der Waals surface area (Å²) in [6.45, 7) is 1.49. The first kappa shape index (κ1) is 32.8. The van der Waals surface area contributed by atoms with Crippen molar-refractivity contribution in [2.24, 2.45) is 0 Å². The van der Waals surface area contributed by atoms with Crippen molar-refractivity contribution in [3.8, 4) is 0 Å². The van der Waals surface area contributed by atoms with Gasteiger partial charge in [-0.3, -0.25) is 0 Å². The zero-order valence-electron chi connectivity index (χ0n) is 22.3. The quantitative estimate of drug-likeness (QED) is 0.124. The first-order valence-corrected chi connectivity index (χ1v) is 13.3. The molecule has 17 nitrogen and oxygen atoms in total. The Morgan fingerprint density at radius 1 is 0.537 bits per heavy atom. The van der Waals surface area contributed by atoms with Crippen LogP contribution in [-0.4, -0.2) is 175 Å². The highest BCUT2D eigenvalue weighted by Gasteiger charge is 2.52. The number of ether oxygens (including phenoxy) is 7. The number of hydrogen-bond acceptors (Lipinski definition) is 17. The molecule has 0 aliphatic carbocycles. The maximum atomic E-state index is 10.9. The largest absolute Gasteiger partial charge is 0.493 e. The summed E-state index contributed by atoms with van der Waals surface area (Å²) in [7, 11) is 0. The van der Waals surface area contributed by atoms with Crippen molar-refractivity contribution in [3.63, 3.8) is 0 Å². The highest BCUT2D eigenvalue weighted by Crippen LogP contribution is 2.33. The van der Waals surface area contributed by atoms with Crippen LogP contribution < -0.4 is 0 Å². The molecule has 3 saturated heterocycles. The van der Waals surface area contributed by atoms with E-state index in [4.69, 9.17) is 33.2 Å². The van der Waals surface area contributed by atoms with Crippen LogP contribution in [0.15, 0.2) is 12.3 Å². The van der Waals surface area contributed by atoms with Crippen molar-refractivity contribution in [2.75, 3.05) is 13.2 Å². The molecule has 0 radical (unpaired) electrons. The molecule has 238 valence electrons. The summed E-state index contributed by atoms with van der Waals surface area (Å²) in [5, 5.41) is 102. The van der Waals surface area contributed by atoms with E-state index in [-0.39, 0.29) is 0 Å². The fourth-order valence-electron chi connectivity index (χ4n) is 5.08. The van der Waals surface area contributed by atoms with Crippen LogP contribution in [-0.2, 0) is 33.2 Å². The molecule has 4 aliphatic rings. The second-order valence-corrected chi connectivity index (χ2v) is 10.6. The Kier molecular flexibility index (Phi) is 10.9. The van der Waals surface area contributed by atoms with Gasteiger partial charge in [-0.15, -0.1) is 0 Å². The van der Waals surface area contributed by atoms with E-state index in [1.54, 1.807) is 0 Å². The van der Waals surface area contributed by atoms with E-state index in [2.05, 4.69) is 0 Å². The monoisotopic (exact) mass is 600 g/mol. The molecule has 9 unspecified atom stereocenters. The highest BCUT2D eigenvalue weighted by atomic mass is 16.8. The van der Waals surface area contributed by atoms with Gasteiger partial charge in [-0.05, 0) is 19.9 Å². The molecule has 0 amide bonds. The molecule has 17 heteroatoms. The van der Waals surface area contributed by atoms with E-state index in [0.29, 0.717) is 0 Å². The summed E-state index contributed by atoms with van der Waals surface area (Å²) in [6, 6.07) is 0. The molecule has 10 N–H and O–H groups in total. The van der Waals surface area contributed by atoms with Crippen LogP contribution in [0.25, 0.3) is 0 Å². The SMILES string of the molecule is CC1O[C@@H](OC2C=COC(CO)[C@H]2O[C@@H]2OC(CO)[C@H](O)[C@H](O)C2OC2OC(C)[C@H](O)C(O)[C@@H]2O)[C@H](O)C(O)[C@@H]1O. The molecular formula is C24H40O17. The van der Waals surface area contributed by atoms with Crippen LogP contribution in [0.4, 0.5) is 0 Å². The molecular weight excluding hydrogens is 560 g/mol. The minimum Gasteiger partial charge on any atom is -0.493 e. The predicted octanol–water partition coefficient (Wildman–Crippen LogP) is -5.86. The Morgan fingerprint density at radius 2 is 1.05 bits per heavy atom. The summed E-state index contributed by atoms with van der Waals surface area (Å²) in [5.74, 6) is 0. The maximum Gasteiger partial charge on any atom is 0.187 e. The van der Waals surface area contributed by atoms with Gasteiger partial charge in [0.2, 0.25) is 0 Å². The van der Waals surface area contributed by atoms with Crippen LogP contribution in [0, 0.1) is 0 Å². The lowest BCUT2D eigenvalue weighted by molar-refractivity contribution is -0.378. The first-order chi connectivity index (χ1) is 19.4. The van der Waals surface area contributed by atoms with E-state index in [1.807, 2.05) is 0 Å². The van der Waals surface area contributed by atoms with Gasteiger partial charge in [0.15, 0.2) is 18.9 Å². The third-order valence-corrected chi connectivity index (χ3v) is 7.71. The van der Waals surface area contributed by atoms with Crippen molar-refractivity contribution >= 4 is 0 Å². The summed E-state index contributed by atoms with van der Waals surface area (Å²) < 4.78 is 39.6. The molecule has 18 atom stereocenters. The van der Waals surface area contributed by atoms with Crippen molar-refractivity contribution in [3.05, 3.63) is 12.3 Å². The van der Waals surface area contributed by atoms with Crippen molar-refractivity contribution < 1.29 is 84.2 Å². The minimum atomic E-state index is -1.80. The number of aliphatic hydroxyl groups is 10. The third-order valence-electron chi connectivity index (χ3n) is 7.71. The van der Waals surface area contributed by atoms with Gasteiger partial charge in [0.1, 0.15) is 79.4 Å². The van der Waals surface area contributed by atoms with Crippen molar-refractivity contribution in [2.45, 2.75) is 124 Å². The zero-order valence-corrected chi connectivity index (χ0v) is 22.3. The van der Waals surface area contributed by atoms with Gasteiger partial charge in [-0.1, -0.05) is 0 Å². The second-order valence-electron chi connectivity index (χ2n) is 10.6. The summed E-state index contributed by atoms with van der Waals surface area (Å²) in [4.78, 5) is 0. The average Bonchev–Trinajstić information content (AvgIpc) is 2.96. The predicted molar refractivity (Wildman–Crippen MR) is 128 cm³/mol. The molecule has 3 fully saturated rings. The number of aliphatic hydroxyl groups excluding tert-OH is 10. The van der Waals surface area contributed by atoms with E-state index < -0.39 is 124 Å². The molecule has 4 heterocycles. The average molecular weight is 601 g/mol. The number of rotatable bonds is 8. The van der Waals surface area contributed by atoms with E-state index >= 15 is 0 Å². The molecule has 4 rings (SSSR count).